The van der Waals surface area contributed by atoms with Gasteiger partial charge in [0.25, 0.3) is 5.91 Å². The van der Waals surface area contributed by atoms with E-state index in [1.54, 1.807) is 11.8 Å². The van der Waals surface area contributed by atoms with Crippen LogP contribution in [0.5, 0.6) is 5.75 Å². The third-order valence-electron chi connectivity index (χ3n) is 4.09. The first kappa shape index (κ1) is 20.4. The molecule has 1 amide bonds. The molecule has 6 heteroatoms. The Labute approximate surface area is 174 Å². The van der Waals surface area contributed by atoms with Crippen molar-refractivity contribution in [2.75, 3.05) is 17.7 Å². The number of thioether (sulfide) groups is 1. The van der Waals surface area contributed by atoms with Crippen LogP contribution in [0, 0.1) is 0 Å². The zero-order valence-electron chi connectivity index (χ0n) is 16.3. The van der Waals surface area contributed by atoms with E-state index < -0.39 is 0 Å². The van der Waals surface area contributed by atoms with Crippen molar-refractivity contribution in [1.29, 1.82) is 0 Å². The van der Waals surface area contributed by atoms with E-state index >= 15 is 0 Å². The first-order valence-electron chi connectivity index (χ1n) is 9.28. The van der Waals surface area contributed by atoms with E-state index in [1.807, 2.05) is 54.6 Å². The number of ether oxygens (including phenoxy) is 1. The Morgan fingerprint density at radius 2 is 1.86 bits per heavy atom. The Morgan fingerprint density at radius 3 is 2.50 bits per heavy atom. The summed E-state index contributed by atoms with van der Waals surface area (Å²) in [4.78, 5) is 17.1. The van der Waals surface area contributed by atoms with Gasteiger partial charge in [0.05, 0.1) is 0 Å². The van der Waals surface area contributed by atoms with Crippen LogP contribution in [0.2, 0.25) is 0 Å². The SMILES string of the molecule is CCSc1nc(-c2ccccc2)c(NC(=O)COc2ccc(C(C)C)cc2)s1. The van der Waals surface area contributed by atoms with Crippen molar-refractivity contribution in [3.05, 3.63) is 60.2 Å². The van der Waals surface area contributed by atoms with Crippen LogP contribution in [0.15, 0.2) is 58.9 Å². The van der Waals surface area contributed by atoms with Crippen molar-refractivity contribution in [2.24, 2.45) is 0 Å². The van der Waals surface area contributed by atoms with Crippen molar-refractivity contribution in [3.8, 4) is 17.0 Å². The van der Waals surface area contributed by atoms with E-state index in [9.17, 15) is 4.79 Å². The van der Waals surface area contributed by atoms with Gasteiger partial charge in [0.2, 0.25) is 0 Å². The lowest BCUT2D eigenvalue weighted by molar-refractivity contribution is -0.118. The van der Waals surface area contributed by atoms with E-state index in [1.165, 1.54) is 16.9 Å². The second-order valence-electron chi connectivity index (χ2n) is 6.52. The highest BCUT2D eigenvalue weighted by atomic mass is 32.2. The zero-order valence-corrected chi connectivity index (χ0v) is 17.9. The van der Waals surface area contributed by atoms with Gasteiger partial charge >= 0.3 is 0 Å². The summed E-state index contributed by atoms with van der Waals surface area (Å²) >= 11 is 3.17. The highest BCUT2D eigenvalue weighted by molar-refractivity contribution is 8.01. The fourth-order valence-corrected chi connectivity index (χ4v) is 4.60. The maximum absolute atomic E-state index is 12.4. The van der Waals surface area contributed by atoms with Crippen LogP contribution in [0.25, 0.3) is 11.3 Å². The molecule has 0 unspecified atom stereocenters. The minimum Gasteiger partial charge on any atom is -0.484 e. The predicted octanol–water partition coefficient (Wildman–Crippen LogP) is 6.06. The van der Waals surface area contributed by atoms with Crippen molar-refractivity contribution in [2.45, 2.75) is 31.0 Å². The third kappa shape index (κ3) is 5.36. The van der Waals surface area contributed by atoms with Crippen LogP contribution in [-0.4, -0.2) is 23.3 Å². The number of nitrogens with one attached hydrogen (secondary N) is 1. The van der Waals surface area contributed by atoms with E-state index in [2.05, 4.69) is 26.1 Å². The van der Waals surface area contributed by atoms with Gasteiger partial charge in [0.15, 0.2) is 10.9 Å². The second-order valence-corrected chi connectivity index (χ2v) is 9.03. The molecule has 0 aliphatic heterocycles. The molecule has 0 spiro atoms. The number of amides is 1. The summed E-state index contributed by atoms with van der Waals surface area (Å²) in [5.41, 5.74) is 3.04. The topological polar surface area (TPSA) is 51.2 Å². The van der Waals surface area contributed by atoms with Gasteiger partial charge in [-0.05, 0) is 29.4 Å². The average molecular weight is 413 g/mol. The van der Waals surface area contributed by atoms with Crippen LogP contribution < -0.4 is 10.1 Å². The van der Waals surface area contributed by atoms with E-state index in [-0.39, 0.29) is 12.5 Å². The summed E-state index contributed by atoms with van der Waals surface area (Å²) in [5.74, 6) is 1.90. The standard InChI is InChI=1S/C22H24N2O2S2/c1-4-27-22-24-20(17-8-6-5-7-9-17)21(28-22)23-19(25)14-26-18-12-10-16(11-13-18)15(2)3/h5-13,15H,4,14H2,1-3H3,(H,23,25). The fourth-order valence-electron chi connectivity index (χ4n) is 2.62. The Balaban J connectivity index is 1.67. The Bertz CT molecular complexity index is 906. The lowest BCUT2D eigenvalue weighted by atomic mass is 10.0. The van der Waals surface area contributed by atoms with Gasteiger partial charge in [-0.2, -0.15) is 0 Å². The average Bonchev–Trinajstić information content (AvgIpc) is 3.10. The Hall–Kier alpha value is -2.31. The van der Waals surface area contributed by atoms with Gasteiger partial charge < -0.3 is 10.1 Å². The molecule has 3 aromatic rings. The number of carbonyl (C=O) groups excluding carboxylic acids is 1. The molecule has 0 bridgehead atoms. The number of hydrogen-bond acceptors (Lipinski definition) is 5. The van der Waals surface area contributed by atoms with Crippen LogP contribution in [-0.2, 0) is 4.79 Å². The van der Waals surface area contributed by atoms with E-state index in [0.29, 0.717) is 11.7 Å². The largest absolute Gasteiger partial charge is 0.484 e. The van der Waals surface area contributed by atoms with Crippen molar-refractivity contribution in [3.63, 3.8) is 0 Å². The summed E-state index contributed by atoms with van der Waals surface area (Å²) in [7, 11) is 0. The number of nitrogens with zero attached hydrogens (tertiary/aromatic N) is 1. The fraction of sp³-hybridized carbons (Fsp3) is 0.273. The summed E-state index contributed by atoms with van der Waals surface area (Å²) in [6.45, 7) is 6.34. The van der Waals surface area contributed by atoms with Gasteiger partial charge in [-0.25, -0.2) is 4.98 Å². The van der Waals surface area contributed by atoms with Crippen LogP contribution in [0.3, 0.4) is 0 Å². The molecular weight excluding hydrogens is 388 g/mol. The molecule has 1 heterocycles. The normalized spacial score (nSPS) is 10.9. The molecule has 2 aromatic carbocycles. The molecule has 1 aromatic heterocycles. The van der Waals surface area contributed by atoms with Crippen molar-refractivity contribution >= 4 is 34.0 Å². The van der Waals surface area contributed by atoms with Crippen molar-refractivity contribution in [1.82, 2.24) is 4.98 Å². The van der Waals surface area contributed by atoms with Gasteiger partial charge in [0, 0.05) is 5.56 Å². The van der Waals surface area contributed by atoms with Gasteiger partial charge in [-0.1, -0.05) is 86.3 Å². The maximum Gasteiger partial charge on any atom is 0.262 e. The van der Waals surface area contributed by atoms with Crippen LogP contribution in [0.4, 0.5) is 5.00 Å². The van der Waals surface area contributed by atoms with Gasteiger partial charge in [-0.3, -0.25) is 4.79 Å². The summed E-state index contributed by atoms with van der Waals surface area (Å²) in [5, 5.41) is 3.72. The molecule has 4 nitrogen and oxygen atoms in total. The second kappa shape index (κ2) is 9.75. The quantitative estimate of drug-likeness (QED) is 0.457. The number of benzene rings is 2. The molecule has 1 N–H and O–H groups in total. The van der Waals surface area contributed by atoms with E-state index in [4.69, 9.17) is 9.72 Å². The number of thiazole rings is 1. The zero-order chi connectivity index (χ0) is 19.9. The monoisotopic (exact) mass is 412 g/mol. The molecule has 3 rings (SSSR count). The third-order valence-corrected chi connectivity index (χ3v) is 6.09. The molecule has 0 atom stereocenters. The number of anilines is 1. The molecular formula is C22H24N2O2S2. The summed E-state index contributed by atoms with van der Waals surface area (Å²) in [6.07, 6.45) is 0. The number of rotatable bonds is 8. The number of aromatic nitrogens is 1. The Morgan fingerprint density at radius 1 is 1.14 bits per heavy atom. The van der Waals surface area contributed by atoms with Gasteiger partial charge in [-0.15, -0.1) is 0 Å². The highest BCUT2D eigenvalue weighted by Crippen LogP contribution is 2.37. The van der Waals surface area contributed by atoms with Crippen LogP contribution in [0.1, 0.15) is 32.3 Å². The molecule has 28 heavy (non-hydrogen) atoms. The van der Waals surface area contributed by atoms with Crippen LogP contribution >= 0.6 is 23.1 Å². The Kier molecular flexibility index (Phi) is 7.12. The predicted molar refractivity (Wildman–Crippen MR) is 119 cm³/mol. The van der Waals surface area contributed by atoms with E-state index in [0.717, 1.165) is 26.4 Å². The summed E-state index contributed by atoms with van der Waals surface area (Å²) in [6, 6.07) is 17.8. The lowest BCUT2D eigenvalue weighted by Gasteiger charge is -2.09. The van der Waals surface area contributed by atoms with Crippen molar-refractivity contribution < 1.29 is 9.53 Å². The number of carbonyl (C=O) groups is 1. The summed E-state index contributed by atoms with van der Waals surface area (Å²) < 4.78 is 6.59. The number of hydrogen-bond donors (Lipinski definition) is 1. The minimum absolute atomic E-state index is 0.0383. The molecule has 0 saturated carbocycles. The first-order chi connectivity index (χ1) is 13.6. The first-order valence-corrected chi connectivity index (χ1v) is 11.1. The molecule has 146 valence electrons. The lowest BCUT2D eigenvalue weighted by Crippen LogP contribution is -2.20. The maximum atomic E-state index is 12.4. The molecule has 0 aliphatic carbocycles. The molecule has 0 saturated heterocycles. The minimum atomic E-state index is -0.193. The molecule has 0 aliphatic rings. The van der Waals surface area contributed by atoms with Gasteiger partial charge in [0.1, 0.15) is 16.4 Å². The highest BCUT2D eigenvalue weighted by Gasteiger charge is 2.16. The molecule has 0 radical (unpaired) electrons. The smallest absolute Gasteiger partial charge is 0.262 e. The molecule has 0 fully saturated rings.